The van der Waals surface area contributed by atoms with E-state index in [-0.39, 0.29) is 17.7 Å². The maximum absolute atomic E-state index is 12.5. The van der Waals surface area contributed by atoms with Crippen LogP contribution in [0.3, 0.4) is 0 Å². The minimum absolute atomic E-state index is 0.0172. The van der Waals surface area contributed by atoms with Gasteiger partial charge in [-0.2, -0.15) is 4.98 Å². The van der Waals surface area contributed by atoms with Gasteiger partial charge in [0.1, 0.15) is 0 Å². The molecule has 0 aromatic carbocycles. The highest BCUT2D eigenvalue weighted by molar-refractivity contribution is 5.82. The second-order valence-electron chi connectivity index (χ2n) is 6.63. The van der Waals surface area contributed by atoms with Crippen molar-refractivity contribution >= 4 is 5.91 Å². The van der Waals surface area contributed by atoms with Gasteiger partial charge in [-0.15, -0.1) is 0 Å². The van der Waals surface area contributed by atoms with Crippen molar-refractivity contribution in [3.8, 4) is 0 Å². The molecule has 1 aliphatic heterocycles. The van der Waals surface area contributed by atoms with Crippen LogP contribution in [0.5, 0.6) is 0 Å². The number of nitrogens with two attached hydrogens (primary N) is 1. The third kappa shape index (κ3) is 3.64. The number of carbonyl (C=O) groups excluding carboxylic acids is 1. The van der Waals surface area contributed by atoms with Crippen LogP contribution in [0.4, 0.5) is 0 Å². The summed E-state index contributed by atoms with van der Waals surface area (Å²) in [6.45, 7) is 5.41. The number of piperidine rings is 1. The van der Waals surface area contributed by atoms with Gasteiger partial charge in [-0.3, -0.25) is 4.79 Å². The van der Waals surface area contributed by atoms with E-state index in [0.29, 0.717) is 25.4 Å². The molecule has 8 heteroatoms. The van der Waals surface area contributed by atoms with Crippen LogP contribution in [0.1, 0.15) is 55.9 Å². The number of H-pyrrole nitrogens is 1. The lowest BCUT2D eigenvalue weighted by atomic mass is 9.96. The Morgan fingerprint density at radius 1 is 1.46 bits per heavy atom. The molecule has 0 unspecified atom stereocenters. The first-order valence-electron chi connectivity index (χ1n) is 8.39. The van der Waals surface area contributed by atoms with E-state index in [2.05, 4.69) is 20.1 Å². The molecule has 1 saturated heterocycles. The first-order chi connectivity index (χ1) is 11.5. The number of aromatic amines is 1. The molecule has 3 rings (SSSR count). The highest BCUT2D eigenvalue weighted by Gasteiger charge is 2.30. The standard InChI is InChI=1S/C16H24N6O2/c1-10(2)14-20-15(24-21-14)11-3-5-22(6-4-11)16(23)13(17)7-12-8-18-9-19-12/h8-11,13H,3-7,17H2,1-2H3,(H,18,19)/t13-/m0/s1. The molecule has 130 valence electrons. The van der Waals surface area contributed by atoms with Crippen LogP contribution in [0.25, 0.3) is 0 Å². The second-order valence-corrected chi connectivity index (χ2v) is 6.63. The Labute approximate surface area is 140 Å². The van der Waals surface area contributed by atoms with Crippen molar-refractivity contribution in [1.82, 2.24) is 25.0 Å². The normalized spacial score (nSPS) is 17.4. The van der Waals surface area contributed by atoms with E-state index in [4.69, 9.17) is 10.3 Å². The van der Waals surface area contributed by atoms with Crippen LogP contribution in [-0.4, -0.2) is 50.0 Å². The molecule has 1 atom stereocenters. The number of rotatable bonds is 5. The molecule has 0 aliphatic carbocycles. The Morgan fingerprint density at radius 3 is 2.79 bits per heavy atom. The van der Waals surface area contributed by atoms with E-state index in [1.54, 1.807) is 12.5 Å². The SMILES string of the molecule is CC(C)c1noc(C2CCN(C(=O)[C@@H](N)Cc3cnc[nH]3)CC2)n1. The van der Waals surface area contributed by atoms with Gasteiger partial charge in [-0.05, 0) is 12.8 Å². The number of hydrogen-bond acceptors (Lipinski definition) is 6. The summed E-state index contributed by atoms with van der Waals surface area (Å²) in [7, 11) is 0. The van der Waals surface area contributed by atoms with Gasteiger partial charge in [0.25, 0.3) is 0 Å². The summed E-state index contributed by atoms with van der Waals surface area (Å²) in [6.07, 6.45) is 5.40. The molecule has 2 aromatic rings. The number of nitrogens with zero attached hydrogens (tertiary/aromatic N) is 4. The Kier molecular flexibility index (Phi) is 4.94. The van der Waals surface area contributed by atoms with Crippen LogP contribution in [0.15, 0.2) is 17.0 Å². The molecule has 3 N–H and O–H groups in total. The molecule has 2 aromatic heterocycles. The topological polar surface area (TPSA) is 114 Å². The molecule has 0 bridgehead atoms. The van der Waals surface area contributed by atoms with E-state index in [0.717, 1.165) is 24.4 Å². The minimum Gasteiger partial charge on any atom is -0.348 e. The summed E-state index contributed by atoms with van der Waals surface area (Å²) in [4.78, 5) is 25.7. The summed E-state index contributed by atoms with van der Waals surface area (Å²) in [5.74, 6) is 1.89. The predicted octanol–water partition coefficient (Wildman–Crippen LogP) is 1.19. The minimum atomic E-state index is -0.544. The highest BCUT2D eigenvalue weighted by atomic mass is 16.5. The van der Waals surface area contributed by atoms with E-state index in [1.807, 2.05) is 18.7 Å². The molecule has 0 saturated carbocycles. The summed E-state index contributed by atoms with van der Waals surface area (Å²) >= 11 is 0. The number of nitrogens with one attached hydrogen (secondary N) is 1. The Morgan fingerprint density at radius 2 is 2.21 bits per heavy atom. The maximum atomic E-state index is 12.5. The molecular weight excluding hydrogens is 308 g/mol. The molecule has 1 amide bonds. The number of hydrogen-bond donors (Lipinski definition) is 2. The van der Waals surface area contributed by atoms with Gasteiger partial charge >= 0.3 is 0 Å². The number of imidazole rings is 1. The van der Waals surface area contributed by atoms with Crippen molar-refractivity contribution in [2.45, 2.75) is 51.0 Å². The fourth-order valence-corrected chi connectivity index (χ4v) is 2.95. The zero-order valence-corrected chi connectivity index (χ0v) is 14.1. The van der Waals surface area contributed by atoms with Crippen molar-refractivity contribution < 1.29 is 9.32 Å². The van der Waals surface area contributed by atoms with Gasteiger partial charge in [0, 0.05) is 43.2 Å². The van der Waals surface area contributed by atoms with Crippen LogP contribution in [-0.2, 0) is 11.2 Å². The molecule has 1 fully saturated rings. The van der Waals surface area contributed by atoms with Crippen LogP contribution in [0, 0.1) is 0 Å². The van der Waals surface area contributed by atoms with Gasteiger partial charge in [0.2, 0.25) is 11.8 Å². The van der Waals surface area contributed by atoms with Gasteiger partial charge in [0.15, 0.2) is 5.82 Å². The Balaban J connectivity index is 1.53. The number of aromatic nitrogens is 4. The van der Waals surface area contributed by atoms with Crippen LogP contribution < -0.4 is 5.73 Å². The highest BCUT2D eigenvalue weighted by Crippen LogP contribution is 2.28. The lowest BCUT2D eigenvalue weighted by molar-refractivity contribution is -0.133. The fraction of sp³-hybridized carbons (Fsp3) is 0.625. The predicted molar refractivity (Wildman–Crippen MR) is 87.2 cm³/mol. The Bertz CT molecular complexity index is 658. The lowest BCUT2D eigenvalue weighted by Crippen LogP contribution is -2.47. The molecule has 0 radical (unpaired) electrons. The first kappa shape index (κ1) is 16.6. The largest absolute Gasteiger partial charge is 0.348 e. The summed E-state index contributed by atoms with van der Waals surface area (Å²) < 4.78 is 5.38. The van der Waals surface area contributed by atoms with Crippen molar-refractivity contribution in [3.63, 3.8) is 0 Å². The number of carbonyl (C=O) groups is 1. The number of likely N-dealkylation sites (tertiary alicyclic amines) is 1. The summed E-state index contributed by atoms with van der Waals surface area (Å²) in [5.41, 5.74) is 6.91. The van der Waals surface area contributed by atoms with Crippen molar-refractivity contribution in [2.75, 3.05) is 13.1 Å². The summed E-state index contributed by atoms with van der Waals surface area (Å²) in [6, 6.07) is -0.544. The average molecular weight is 332 g/mol. The maximum Gasteiger partial charge on any atom is 0.239 e. The average Bonchev–Trinajstić information content (AvgIpc) is 3.26. The molecular formula is C16H24N6O2. The van der Waals surface area contributed by atoms with Crippen LogP contribution >= 0.6 is 0 Å². The second kappa shape index (κ2) is 7.12. The summed E-state index contributed by atoms with van der Waals surface area (Å²) in [5, 5.41) is 4.02. The molecule has 24 heavy (non-hydrogen) atoms. The van der Waals surface area contributed by atoms with E-state index >= 15 is 0 Å². The first-order valence-corrected chi connectivity index (χ1v) is 8.39. The van der Waals surface area contributed by atoms with Gasteiger partial charge < -0.3 is 20.1 Å². The Hall–Kier alpha value is -2.22. The third-order valence-corrected chi connectivity index (χ3v) is 4.44. The van der Waals surface area contributed by atoms with Crippen molar-refractivity contribution in [3.05, 3.63) is 29.9 Å². The molecule has 8 nitrogen and oxygen atoms in total. The quantitative estimate of drug-likeness (QED) is 0.850. The van der Waals surface area contributed by atoms with Gasteiger partial charge in [0.05, 0.1) is 12.4 Å². The fourth-order valence-electron chi connectivity index (χ4n) is 2.95. The molecule has 1 aliphatic rings. The zero-order chi connectivity index (χ0) is 17.1. The van der Waals surface area contributed by atoms with E-state index < -0.39 is 6.04 Å². The monoisotopic (exact) mass is 332 g/mol. The third-order valence-electron chi connectivity index (χ3n) is 4.44. The van der Waals surface area contributed by atoms with Gasteiger partial charge in [-0.25, -0.2) is 4.98 Å². The lowest BCUT2D eigenvalue weighted by Gasteiger charge is -2.32. The number of amides is 1. The van der Waals surface area contributed by atoms with Gasteiger partial charge in [-0.1, -0.05) is 19.0 Å². The van der Waals surface area contributed by atoms with Crippen molar-refractivity contribution in [2.24, 2.45) is 5.73 Å². The van der Waals surface area contributed by atoms with E-state index in [1.165, 1.54) is 0 Å². The van der Waals surface area contributed by atoms with Crippen LogP contribution in [0.2, 0.25) is 0 Å². The molecule has 0 spiro atoms. The smallest absolute Gasteiger partial charge is 0.239 e. The van der Waals surface area contributed by atoms with E-state index in [9.17, 15) is 4.79 Å². The zero-order valence-electron chi connectivity index (χ0n) is 14.1. The molecule has 3 heterocycles. The van der Waals surface area contributed by atoms with Crippen molar-refractivity contribution in [1.29, 1.82) is 0 Å².